The fraction of sp³-hybridized carbons (Fsp3) is 0.375. The molecule has 0 radical (unpaired) electrons. The van der Waals surface area contributed by atoms with Crippen LogP contribution >= 0.6 is 12.4 Å². The fourth-order valence-electron chi connectivity index (χ4n) is 2.90. The van der Waals surface area contributed by atoms with Crippen molar-refractivity contribution >= 4 is 29.2 Å². The van der Waals surface area contributed by atoms with Crippen LogP contribution < -0.4 is 11.3 Å². The SMILES string of the molecule is CC1CN(C(=O)c2cc(=O)[nH]c3ccccc23)CCC1N.Cl. The van der Waals surface area contributed by atoms with E-state index in [4.69, 9.17) is 5.73 Å². The summed E-state index contributed by atoms with van der Waals surface area (Å²) in [6.07, 6.45) is 0.800. The molecule has 118 valence electrons. The predicted molar refractivity (Wildman–Crippen MR) is 89.5 cm³/mol. The molecule has 5 nitrogen and oxygen atoms in total. The third-order valence-corrected chi connectivity index (χ3v) is 4.24. The Morgan fingerprint density at radius 3 is 2.82 bits per heavy atom. The van der Waals surface area contributed by atoms with Crippen molar-refractivity contribution in [3.8, 4) is 0 Å². The highest BCUT2D eigenvalue weighted by Crippen LogP contribution is 2.20. The molecule has 2 unspecified atom stereocenters. The summed E-state index contributed by atoms with van der Waals surface area (Å²) in [5.74, 6) is 0.187. The van der Waals surface area contributed by atoms with Crippen molar-refractivity contribution in [3.63, 3.8) is 0 Å². The number of para-hydroxylation sites is 1. The number of nitrogens with zero attached hydrogens (tertiary/aromatic N) is 1. The molecule has 3 rings (SSSR count). The Labute approximate surface area is 134 Å². The first kappa shape index (κ1) is 16.5. The van der Waals surface area contributed by atoms with Gasteiger partial charge in [0.2, 0.25) is 5.56 Å². The molecule has 2 atom stereocenters. The zero-order valence-electron chi connectivity index (χ0n) is 12.4. The summed E-state index contributed by atoms with van der Waals surface area (Å²) in [6.45, 7) is 3.34. The molecule has 1 aromatic heterocycles. The number of carbonyl (C=O) groups excluding carboxylic acids is 1. The van der Waals surface area contributed by atoms with E-state index in [9.17, 15) is 9.59 Å². The number of H-pyrrole nitrogens is 1. The number of nitrogens with one attached hydrogen (secondary N) is 1. The van der Waals surface area contributed by atoms with Gasteiger partial charge in [-0.15, -0.1) is 12.4 Å². The normalized spacial score (nSPS) is 21.5. The Kier molecular flexibility index (Phi) is 4.88. The number of piperidine rings is 1. The van der Waals surface area contributed by atoms with E-state index in [0.717, 1.165) is 11.8 Å². The van der Waals surface area contributed by atoms with Gasteiger partial charge < -0.3 is 15.6 Å². The summed E-state index contributed by atoms with van der Waals surface area (Å²) >= 11 is 0. The van der Waals surface area contributed by atoms with Crippen molar-refractivity contribution in [2.75, 3.05) is 13.1 Å². The van der Waals surface area contributed by atoms with Gasteiger partial charge in [0.05, 0.1) is 5.56 Å². The van der Waals surface area contributed by atoms with Gasteiger partial charge in [0.25, 0.3) is 5.91 Å². The van der Waals surface area contributed by atoms with E-state index in [1.165, 1.54) is 6.07 Å². The van der Waals surface area contributed by atoms with Crippen LogP contribution in [0.2, 0.25) is 0 Å². The highest BCUT2D eigenvalue weighted by atomic mass is 35.5. The zero-order valence-corrected chi connectivity index (χ0v) is 13.2. The van der Waals surface area contributed by atoms with Gasteiger partial charge in [0.15, 0.2) is 0 Å². The molecule has 1 amide bonds. The van der Waals surface area contributed by atoms with Crippen molar-refractivity contribution < 1.29 is 4.79 Å². The van der Waals surface area contributed by atoms with Crippen LogP contribution in [-0.2, 0) is 0 Å². The maximum Gasteiger partial charge on any atom is 0.254 e. The average molecular weight is 322 g/mol. The third-order valence-electron chi connectivity index (χ3n) is 4.24. The molecule has 6 heteroatoms. The monoisotopic (exact) mass is 321 g/mol. The van der Waals surface area contributed by atoms with E-state index >= 15 is 0 Å². The van der Waals surface area contributed by atoms with Crippen molar-refractivity contribution in [1.82, 2.24) is 9.88 Å². The van der Waals surface area contributed by atoms with Gasteiger partial charge in [-0.05, 0) is 18.4 Å². The molecule has 2 aromatic rings. The van der Waals surface area contributed by atoms with Gasteiger partial charge in [0.1, 0.15) is 0 Å². The number of rotatable bonds is 1. The average Bonchev–Trinajstić information content (AvgIpc) is 2.48. The fourth-order valence-corrected chi connectivity index (χ4v) is 2.90. The lowest BCUT2D eigenvalue weighted by atomic mass is 9.94. The number of aromatic nitrogens is 1. The quantitative estimate of drug-likeness (QED) is 0.840. The number of halogens is 1. The van der Waals surface area contributed by atoms with Crippen LogP contribution in [0, 0.1) is 5.92 Å². The van der Waals surface area contributed by atoms with Gasteiger partial charge in [-0.2, -0.15) is 0 Å². The summed E-state index contributed by atoms with van der Waals surface area (Å²) in [5, 5.41) is 0.782. The number of nitrogens with two attached hydrogens (primary N) is 1. The van der Waals surface area contributed by atoms with Crippen molar-refractivity contribution in [2.24, 2.45) is 11.7 Å². The van der Waals surface area contributed by atoms with Gasteiger partial charge in [-0.25, -0.2) is 0 Å². The number of aromatic amines is 1. The standard InChI is InChI=1S/C16H19N3O2.ClH/c1-10-9-19(7-6-13(10)17)16(21)12-8-15(20)18-14-5-3-2-4-11(12)14;/h2-5,8,10,13H,6-7,9,17H2,1H3,(H,18,20);1H. The van der Waals surface area contributed by atoms with Crippen LogP contribution in [0.5, 0.6) is 0 Å². The highest BCUT2D eigenvalue weighted by molar-refractivity contribution is 6.05. The Balaban J connectivity index is 0.00000176. The number of fused-ring (bicyclic) bond motifs is 1. The summed E-state index contributed by atoms with van der Waals surface area (Å²) in [5.41, 5.74) is 6.91. The van der Waals surface area contributed by atoms with Gasteiger partial charge >= 0.3 is 0 Å². The molecule has 1 fully saturated rings. The van der Waals surface area contributed by atoms with E-state index in [2.05, 4.69) is 11.9 Å². The van der Waals surface area contributed by atoms with Crippen molar-refractivity contribution in [2.45, 2.75) is 19.4 Å². The van der Waals surface area contributed by atoms with Crippen LogP contribution in [-0.4, -0.2) is 34.9 Å². The molecule has 0 spiro atoms. The van der Waals surface area contributed by atoms with Gasteiger partial charge in [0, 0.05) is 36.1 Å². The van der Waals surface area contributed by atoms with Crippen LogP contribution in [0.1, 0.15) is 23.7 Å². The van der Waals surface area contributed by atoms with E-state index in [0.29, 0.717) is 24.2 Å². The minimum atomic E-state index is -0.251. The number of likely N-dealkylation sites (tertiary alicyclic amines) is 1. The maximum atomic E-state index is 12.8. The molecule has 2 heterocycles. The molecule has 1 aliphatic rings. The summed E-state index contributed by atoms with van der Waals surface area (Å²) in [6, 6.07) is 8.91. The molecule has 3 N–H and O–H groups in total. The molecule has 0 aliphatic carbocycles. The molecule has 0 bridgehead atoms. The first-order valence-corrected chi connectivity index (χ1v) is 7.23. The highest BCUT2D eigenvalue weighted by Gasteiger charge is 2.27. The minimum Gasteiger partial charge on any atom is -0.338 e. The van der Waals surface area contributed by atoms with E-state index in [-0.39, 0.29) is 35.8 Å². The number of benzene rings is 1. The number of carbonyl (C=O) groups is 1. The second-order valence-electron chi connectivity index (χ2n) is 5.77. The Morgan fingerprint density at radius 2 is 2.09 bits per heavy atom. The Bertz CT molecular complexity index is 743. The Morgan fingerprint density at radius 1 is 1.36 bits per heavy atom. The summed E-state index contributed by atoms with van der Waals surface area (Å²) in [7, 11) is 0. The first-order valence-electron chi connectivity index (χ1n) is 7.23. The molecule has 0 saturated carbocycles. The Hall–Kier alpha value is -1.85. The first-order chi connectivity index (χ1) is 10.1. The molecule has 22 heavy (non-hydrogen) atoms. The predicted octanol–water partition coefficient (Wildman–Crippen LogP) is 1.76. The largest absolute Gasteiger partial charge is 0.338 e. The zero-order chi connectivity index (χ0) is 15.0. The van der Waals surface area contributed by atoms with Crippen molar-refractivity contribution in [1.29, 1.82) is 0 Å². The summed E-state index contributed by atoms with van der Waals surface area (Å²) in [4.78, 5) is 29.1. The lowest BCUT2D eigenvalue weighted by Gasteiger charge is -2.35. The van der Waals surface area contributed by atoms with E-state index in [1.54, 1.807) is 4.90 Å². The smallest absolute Gasteiger partial charge is 0.254 e. The van der Waals surface area contributed by atoms with Gasteiger partial charge in [-0.3, -0.25) is 9.59 Å². The number of hydrogen-bond donors (Lipinski definition) is 2. The molecular formula is C16H20ClN3O2. The number of pyridine rings is 1. The number of hydrogen-bond acceptors (Lipinski definition) is 3. The molecule has 1 aromatic carbocycles. The van der Waals surface area contributed by atoms with E-state index in [1.807, 2.05) is 24.3 Å². The molecular weight excluding hydrogens is 302 g/mol. The van der Waals surface area contributed by atoms with Gasteiger partial charge in [-0.1, -0.05) is 25.1 Å². The second kappa shape index (κ2) is 6.50. The lowest BCUT2D eigenvalue weighted by Crippen LogP contribution is -2.48. The molecule has 1 aliphatic heterocycles. The van der Waals surface area contributed by atoms with Crippen LogP contribution in [0.4, 0.5) is 0 Å². The number of amides is 1. The second-order valence-corrected chi connectivity index (χ2v) is 5.77. The maximum absolute atomic E-state index is 12.8. The van der Waals surface area contributed by atoms with Crippen LogP contribution in [0.15, 0.2) is 35.1 Å². The molecule has 1 saturated heterocycles. The minimum absolute atomic E-state index is 0. The lowest BCUT2D eigenvalue weighted by molar-refractivity contribution is 0.0666. The topological polar surface area (TPSA) is 79.2 Å². The third kappa shape index (κ3) is 3.00. The van der Waals surface area contributed by atoms with Crippen LogP contribution in [0.25, 0.3) is 10.9 Å². The van der Waals surface area contributed by atoms with Crippen LogP contribution in [0.3, 0.4) is 0 Å². The van der Waals surface area contributed by atoms with E-state index < -0.39 is 0 Å². The summed E-state index contributed by atoms with van der Waals surface area (Å²) < 4.78 is 0. The van der Waals surface area contributed by atoms with Crippen molar-refractivity contribution in [3.05, 3.63) is 46.2 Å².